The van der Waals surface area contributed by atoms with Crippen molar-refractivity contribution in [1.29, 1.82) is 0 Å². The van der Waals surface area contributed by atoms with E-state index in [1.54, 1.807) is 43.3 Å². The fourth-order valence-electron chi connectivity index (χ4n) is 1.66. The lowest BCUT2D eigenvalue weighted by atomic mass is 10.1. The Labute approximate surface area is 125 Å². The van der Waals surface area contributed by atoms with Gasteiger partial charge in [0.2, 0.25) is 0 Å². The minimum Gasteiger partial charge on any atom is -0.411 e. The Morgan fingerprint density at radius 1 is 1.05 bits per heavy atom. The normalized spacial score (nSPS) is 11.2. The molecule has 0 aliphatic rings. The molecule has 0 saturated heterocycles. The summed E-state index contributed by atoms with van der Waals surface area (Å²) in [6.07, 6.45) is 0. The third-order valence-electron chi connectivity index (χ3n) is 2.82. The van der Waals surface area contributed by atoms with Crippen LogP contribution in [0.4, 0.5) is 5.69 Å². The van der Waals surface area contributed by atoms with Crippen LogP contribution in [0.1, 0.15) is 22.8 Å². The van der Waals surface area contributed by atoms with Gasteiger partial charge < -0.3 is 10.5 Å². The van der Waals surface area contributed by atoms with Gasteiger partial charge in [0.25, 0.3) is 5.91 Å². The monoisotopic (exact) mass is 332 g/mol. The number of oxime groups is 1. The van der Waals surface area contributed by atoms with Crippen LogP contribution in [-0.2, 0) is 0 Å². The molecule has 0 spiro atoms. The molecule has 102 valence electrons. The van der Waals surface area contributed by atoms with E-state index >= 15 is 0 Å². The minimum atomic E-state index is -0.169. The smallest absolute Gasteiger partial charge is 0.255 e. The molecule has 1 amide bonds. The summed E-state index contributed by atoms with van der Waals surface area (Å²) < 4.78 is 0.928. The highest BCUT2D eigenvalue weighted by atomic mass is 79.9. The van der Waals surface area contributed by atoms with Crippen molar-refractivity contribution in [1.82, 2.24) is 0 Å². The topological polar surface area (TPSA) is 61.7 Å². The molecule has 5 heteroatoms. The zero-order valence-electron chi connectivity index (χ0n) is 10.8. The zero-order chi connectivity index (χ0) is 14.5. The lowest BCUT2D eigenvalue weighted by Gasteiger charge is -2.06. The molecule has 0 atom stereocenters. The number of nitrogens with zero attached hydrogens (tertiary/aromatic N) is 1. The second kappa shape index (κ2) is 6.34. The molecule has 2 N–H and O–H groups in total. The van der Waals surface area contributed by atoms with Gasteiger partial charge in [-0.3, -0.25) is 4.79 Å². The van der Waals surface area contributed by atoms with Crippen molar-refractivity contribution in [3.63, 3.8) is 0 Å². The number of anilines is 1. The summed E-state index contributed by atoms with van der Waals surface area (Å²) in [6, 6.07) is 14.2. The van der Waals surface area contributed by atoms with Crippen molar-refractivity contribution in [3.05, 3.63) is 64.1 Å². The van der Waals surface area contributed by atoms with Gasteiger partial charge in [0, 0.05) is 15.7 Å². The van der Waals surface area contributed by atoms with Crippen molar-refractivity contribution in [2.24, 2.45) is 5.16 Å². The Morgan fingerprint density at radius 2 is 1.60 bits per heavy atom. The SMILES string of the molecule is C/C(=N\O)c1ccc(NC(=O)c2ccc(Br)cc2)cc1. The van der Waals surface area contributed by atoms with E-state index in [0.29, 0.717) is 17.0 Å². The van der Waals surface area contributed by atoms with Crippen molar-refractivity contribution in [2.75, 3.05) is 5.32 Å². The van der Waals surface area contributed by atoms with Gasteiger partial charge in [-0.2, -0.15) is 0 Å². The van der Waals surface area contributed by atoms with E-state index in [-0.39, 0.29) is 5.91 Å². The number of carbonyl (C=O) groups excluding carboxylic acids is 1. The standard InChI is InChI=1S/C15H13BrN2O2/c1-10(18-20)11-4-8-14(9-5-11)17-15(19)12-2-6-13(16)7-3-12/h2-9,20H,1H3,(H,17,19)/b18-10+. The number of rotatable bonds is 3. The summed E-state index contributed by atoms with van der Waals surface area (Å²) >= 11 is 3.33. The van der Waals surface area contributed by atoms with Crippen LogP contribution in [0.3, 0.4) is 0 Å². The Kier molecular flexibility index (Phi) is 4.53. The highest BCUT2D eigenvalue weighted by Gasteiger charge is 2.06. The highest BCUT2D eigenvalue weighted by Crippen LogP contribution is 2.14. The molecule has 0 fully saturated rings. The van der Waals surface area contributed by atoms with E-state index in [0.717, 1.165) is 10.0 Å². The van der Waals surface area contributed by atoms with Crippen LogP contribution < -0.4 is 5.32 Å². The third-order valence-corrected chi connectivity index (χ3v) is 3.35. The van der Waals surface area contributed by atoms with Crippen LogP contribution in [0.5, 0.6) is 0 Å². The summed E-state index contributed by atoms with van der Waals surface area (Å²) in [5.41, 5.74) is 2.60. The van der Waals surface area contributed by atoms with E-state index in [9.17, 15) is 4.79 Å². The Bertz CT molecular complexity index is 634. The first kappa shape index (κ1) is 14.3. The molecular formula is C15H13BrN2O2. The summed E-state index contributed by atoms with van der Waals surface area (Å²) in [5.74, 6) is -0.169. The maximum absolute atomic E-state index is 12.0. The van der Waals surface area contributed by atoms with Crippen LogP contribution >= 0.6 is 15.9 Å². The summed E-state index contributed by atoms with van der Waals surface area (Å²) in [4.78, 5) is 12.0. The predicted molar refractivity (Wildman–Crippen MR) is 82.5 cm³/mol. The minimum absolute atomic E-state index is 0.169. The number of halogens is 1. The highest BCUT2D eigenvalue weighted by molar-refractivity contribution is 9.10. The average molecular weight is 333 g/mol. The quantitative estimate of drug-likeness (QED) is 0.508. The molecule has 2 rings (SSSR count). The van der Waals surface area contributed by atoms with Crippen LogP contribution in [0.25, 0.3) is 0 Å². The second-order valence-corrected chi connectivity index (χ2v) is 5.14. The molecule has 0 aliphatic heterocycles. The fourth-order valence-corrected chi connectivity index (χ4v) is 1.92. The van der Waals surface area contributed by atoms with E-state index in [1.165, 1.54) is 0 Å². The van der Waals surface area contributed by atoms with Crippen molar-refractivity contribution < 1.29 is 10.0 Å². The maximum atomic E-state index is 12.0. The molecular weight excluding hydrogens is 320 g/mol. The average Bonchev–Trinajstić information content (AvgIpc) is 2.48. The first-order chi connectivity index (χ1) is 9.60. The Morgan fingerprint density at radius 3 is 2.15 bits per heavy atom. The number of amides is 1. The summed E-state index contributed by atoms with van der Waals surface area (Å²) in [7, 11) is 0. The molecule has 20 heavy (non-hydrogen) atoms. The molecule has 0 aromatic heterocycles. The molecule has 0 unspecified atom stereocenters. The molecule has 2 aromatic rings. The number of hydrogen-bond acceptors (Lipinski definition) is 3. The lowest BCUT2D eigenvalue weighted by Crippen LogP contribution is -2.11. The van der Waals surface area contributed by atoms with E-state index < -0.39 is 0 Å². The molecule has 0 radical (unpaired) electrons. The van der Waals surface area contributed by atoms with Gasteiger partial charge in [-0.25, -0.2) is 0 Å². The molecule has 0 bridgehead atoms. The van der Waals surface area contributed by atoms with Gasteiger partial charge >= 0.3 is 0 Å². The number of hydrogen-bond donors (Lipinski definition) is 2. The molecule has 0 aliphatic carbocycles. The van der Waals surface area contributed by atoms with Gasteiger partial charge in [0.15, 0.2) is 0 Å². The van der Waals surface area contributed by atoms with Gasteiger partial charge in [0.1, 0.15) is 0 Å². The number of benzene rings is 2. The van der Waals surface area contributed by atoms with Crippen LogP contribution in [0.2, 0.25) is 0 Å². The Hall–Kier alpha value is -2.14. The number of carbonyl (C=O) groups is 1. The van der Waals surface area contributed by atoms with E-state index in [1.807, 2.05) is 12.1 Å². The fraction of sp³-hybridized carbons (Fsp3) is 0.0667. The predicted octanol–water partition coefficient (Wildman–Crippen LogP) is 3.90. The largest absolute Gasteiger partial charge is 0.411 e. The first-order valence-electron chi connectivity index (χ1n) is 5.96. The lowest BCUT2D eigenvalue weighted by molar-refractivity contribution is 0.102. The van der Waals surface area contributed by atoms with Crippen molar-refractivity contribution >= 4 is 33.2 Å². The summed E-state index contributed by atoms with van der Waals surface area (Å²) in [5, 5.41) is 14.6. The van der Waals surface area contributed by atoms with Crippen molar-refractivity contribution in [2.45, 2.75) is 6.92 Å². The molecule has 4 nitrogen and oxygen atoms in total. The van der Waals surface area contributed by atoms with E-state index in [2.05, 4.69) is 26.4 Å². The van der Waals surface area contributed by atoms with Gasteiger partial charge in [-0.1, -0.05) is 33.2 Å². The van der Waals surface area contributed by atoms with E-state index in [4.69, 9.17) is 5.21 Å². The van der Waals surface area contributed by atoms with Crippen LogP contribution in [0.15, 0.2) is 58.2 Å². The number of nitrogens with one attached hydrogen (secondary N) is 1. The maximum Gasteiger partial charge on any atom is 0.255 e. The van der Waals surface area contributed by atoms with Gasteiger partial charge in [-0.15, -0.1) is 0 Å². The molecule has 0 saturated carbocycles. The van der Waals surface area contributed by atoms with Gasteiger partial charge in [-0.05, 0) is 48.9 Å². The van der Waals surface area contributed by atoms with Crippen LogP contribution in [-0.4, -0.2) is 16.8 Å². The third kappa shape index (κ3) is 3.45. The van der Waals surface area contributed by atoms with Crippen molar-refractivity contribution in [3.8, 4) is 0 Å². The zero-order valence-corrected chi connectivity index (χ0v) is 12.4. The van der Waals surface area contributed by atoms with Gasteiger partial charge in [0.05, 0.1) is 5.71 Å². The summed E-state index contributed by atoms with van der Waals surface area (Å²) in [6.45, 7) is 1.70. The Balaban J connectivity index is 2.10. The van der Waals surface area contributed by atoms with Crippen LogP contribution in [0, 0.1) is 0 Å². The molecule has 0 heterocycles. The second-order valence-electron chi connectivity index (χ2n) is 4.22. The first-order valence-corrected chi connectivity index (χ1v) is 6.75. The molecule has 2 aromatic carbocycles.